The van der Waals surface area contributed by atoms with Crippen LogP contribution in [0.5, 0.6) is 0 Å². The van der Waals surface area contributed by atoms with Gasteiger partial charge in [-0.2, -0.15) is 11.8 Å². The van der Waals surface area contributed by atoms with Crippen molar-refractivity contribution in [3.8, 4) is 11.1 Å². The number of thioether (sulfide) groups is 1. The molecule has 288 valence electrons. The van der Waals surface area contributed by atoms with Crippen LogP contribution in [0.2, 0.25) is 0 Å². The van der Waals surface area contributed by atoms with Gasteiger partial charge in [-0.15, -0.1) is 0 Å². The number of benzene rings is 3. The average Bonchev–Trinajstić information content (AvgIpc) is 3.14. The molecule has 4 aromatic rings. The van der Waals surface area contributed by atoms with Crippen molar-refractivity contribution in [2.75, 3.05) is 12.3 Å². The third-order valence-corrected chi connectivity index (χ3v) is 9.95. The Morgan fingerprint density at radius 2 is 1.35 bits per heavy atom. The largest absolute Gasteiger partial charge is 0.403 e. The van der Waals surface area contributed by atoms with E-state index < -0.39 is 0 Å². The number of nitrogens with zero attached hydrogens (tertiary/aromatic N) is 1. The van der Waals surface area contributed by atoms with Crippen LogP contribution < -0.4 is 22.1 Å². The standard InChI is InChI=1S/C25H34N2S.C17H24N2.C6H7N/c1-18(20(3)27-24(19(2)26)25(4,5)6)16-28-17-21-12-14-23(15-13-21)22-10-8-7-9-11-22;1-13(2)16-10-5-6-11-17(16)15(4)19-12-8-7-9-14(3)18;1-6-2-4-7-5-3-6/h7-15,18,24,27H,2-3,16-17,26H2,1,4-6H3;5-6,10-11,19H,1,3-4,7-9,12,18H2,2H3;2-5H,1H3/t18-,24?;;/m0../s1. The predicted octanol–water partition coefficient (Wildman–Crippen LogP) is 11.5. The van der Waals surface area contributed by atoms with E-state index in [1.54, 1.807) is 12.4 Å². The first-order valence-corrected chi connectivity index (χ1v) is 19.8. The van der Waals surface area contributed by atoms with Crippen molar-refractivity contribution >= 4 is 23.0 Å². The van der Waals surface area contributed by atoms with E-state index in [0.717, 1.165) is 71.1 Å². The number of nitrogens with two attached hydrogens (primary N) is 2. The lowest BCUT2D eigenvalue weighted by molar-refractivity contribution is 0.310. The van der Waals surface area contributed by atoms with E-state index >= 15 is 0 Å². The van der Waals surface area contributed by atoms with E-state index in [9.17, 15) is 0 Å². The number of aryl methyl sites for hydroxylation is 1. The lowest BCUT2D eigenvalue weighted by Crippen LogP contribution is -2.44. The molecule has 0 aliphatic carbocycles. The number of pyridine rings is 1. The highest BCUT2D eigenvalue weighted by molar-refractivity contribution is 7.98. The molecule has 0 spiro atoms. The molecule has 6 heteroatoms. The normalized spacial score (nSPS) is 11.7. The van der Waals surface area contributed by atoms with E-state index in [2.05, 4.69) is 137 Å². The summed E-state index contributed by atoms with van der Waals surface area (Å²) in [6.45, 7) is 33.6. The monoisotopic (exact) mass is 743 g/mol. The molecule has 4 rings (SSSR count). The number of hydrogen-bond acceptors (Lipinski definition) is 6. The van der Waals surface area contributed by atoms with E-state index in [1.807, 2.05) is 55.9 Å². The zero-order chi connectivity index (χ0) is 40.1. The SMILES string of the molecule is C=C(N)C(NC(=C)[C@@H](C)CSCc1ccc(-c2ccccc2)cc1)C(C)(C)C.C=C(N)CCCCNC(=C)c1ccccc1C(=C)C.Cc1ccncc1. The van der Waals surface area contributed by atoms with Crippen LogP contribution in [-0.2, 0) is 5.75 Å². The van der Waals surface area contributed by atoms with Gasteiger partial charge >= 0.3 is 0 Å². The molecule has 0 aliphatic rings. The van der Waals surface area contributed by atoms with Gasteiger partial charge in [0.25, 0.3) is 0 Å². The second kappa shape index (κ2) is 23.7. The highest BCUT2D eigenvalue weighted by Gasteiger charge is 2.27. The molecule has 54 heavy (non-hydrogen) atoms. The van der Waals surface area contributed by atoms with Crippen molar-refractivity contribution in [1.82, 2.24) is 15.6 Å². The maximum atomic E-state index is 6.00. The van der Waals surface area contributed by atoms with Crippen LogP contribution in [0, 0.1) is 18.3 Å². The summed E-state index contributed by atoms with van der Waals surface area (Å²) in [5, 5.41) is 6.86. The molecule has 0 saturated heterocycles. The smallest absolute Gasteiger partial charge is 0.0696 e. The second-order valence-corrected chi connectivity index (χ2v) is 15.9. The van der Waals surface area contributed by atoms with Crippen LogP contribution in [-0.4, -0.2) is 23.3 Å². The minimum absolute atomic E-state index is 0.00212. The fourth-order valence-corrected chi connectivity index (χ4v) is 6.53. The Bertz CT molecular complexity index is 1750. The van der Waals surface area contributed by atoms with E-state index in [1.165, 1.54) is 22.3 Å². The minimum Gasteiger partial charge on any atom is -0.403 e. The Morgan fingerprint density at radius 3 is 1.87 bits per heavy atom. The zero-order valence-corrected chi connectivity index (χ0v) is 34.6. The first-order valence-electron chi connectivity index (χ1n) is 18.7. The van der Waals surface area contributed by atoms with Gasteiger partial charge in [0.2, 0.25) is 0 Å². The second-order valence-electron chi connectivity index (χ2n) is 14.9. The molecule has 0 bridgehead atoms. The van der Waals surface area contributed by atoms with Gasteiger partial charge in [0.1, 0.15) is 0 Å². The summed E-state index contributed by atoms with van der Waals surface area (Å²) < 4.78 is 0. The summed E-state index contributed by atoms with van der Waals surface area (Å²) in [5.74, 6) is 2.37. The van der Waals surface area contributed by atoms with Gasteiger partial charge in [-0.3, -0.25) is 4.98 Å². The van der Waals surface area contributed by atoms with E-state index in [4.69, 9.17) is 11.5 Å². The number of rotatable bonds is 17. The molecule has 2 atom stereocenters. The van der Waals surface area contributed by atoms with Crippen molar-refractivity contribution in [2.24, 2.45) is 22.8 Å². The van der Waals surface area contributed by atoms with E-state index in [-0.39, 0.29) is 11.5 Å². The molecule has 1 heterocycles. The fraction of sp³-hybridized carbons (Fsp3) is 0.312. The van der Waals surface area contributed by atoms with Crippen LogP contribution >= 0.6 is 11.8 Å². The molecule has 1 aromatic heterocycles. The average molecular weight is 744 g/mol. The summed E-state index contributed by atoms with van der Waals surface area (Å²) in [4.78, 5) is 3.85. The third-order valence-electron chi connectivity index (χ3n) is 8.68. The number of hydrogen-bond donors (Lipinski definition) is 4. The number of allylic oxidation sites excluding steroid dienone is 3. The Balaban J connectivity index is 0.000000331. The molecule has 6 N–H and O–H groups in total. The quantitative estimate of drug-likeness (QED) is 0.0805. The van der Waals surface area contributed by atoms with Crippen LogP contribution in [0.3, 0.4) is 0 Å². The van der Waals surface area contributed by atoms with Gasteiger partial charge in [-0.1, -0.05) is 145 Å². The van der Waals surface area contributed by atoms with Crippen molar-refractivity contribution in [2.45, 2.75) is 72.6 Å². The summed E-state index contributed by atoms with van der Waals surface area (Å²) in [6.07, 6.45) is 6.57. The molecular formula is C48H65N5S. The van der Waals surface area contributed by atoms with Crippen molar-refractivity contribution < 1.29 is 0 Å². The number of unbranched alkanes of at least 4 members (excludes halogenated alkanes) is 1. The topological polar surface area (TPSA) is 89.0 Å². The van der Waals surface area contributed by atoms with Crippen LogP contribution in [0.1, 0.15) is 76.1 Å². The molecule has 0 fully saturated rings. The summed E-state index contributed by atoms with van der Waals surface area (Å²) in [6, 6.07) is 31.5. The van der Waals surface area contributed by atoms with Gasteiger partial charge in [0.05, 0.1) is 6.04 Å². The highest BCUT2D eigenvalue weighted by Crippen LogP contribution is 2.27. The van der Waals surface area contributed by atoms with Gasteiger partial charge in [0, 0.05) is 64.7 Å². The van der Waals surface area contributed by atoms with Crippen LogP contribution in [0.15, 0.2) is 153 Å². The molecule has 0 radical (unpaired) electrons. The highest BCUT2D eigenvalue weighted by atomic mass is 32.2. The van der Waals surface area contributed by atoms with Crippen molar-refractivity contribution in [1.29, 1.82) is 0 Å². The maximum Gasteiger partial charge on any atom is 0.0696 e. The Hall–Kier alpha value is -4.94. The lowest BCUT2D eigenvalue weighted by Gasteiger charge is -2.34. The summed E-state index contributed by atoms with van der Waals surface area (Å²) >= 11 is 1.93. The number of nitrogens with one attached hydrogen (secondary N) is 2. The molecule has 1 unspecified atom stereocenters. The first kappa shape index (κ1) is 45.2. The minimum atomic E-state index is 0.00212. The van der Waals surface area contributed by atoms with Gasteiger partial charge in [-0.05, 0) is 78.5 Å². The van der Waals surface area contributed by atoms with E-state index in [0.29, 0.717) is 11.6 Å². The molecule has 0 amide bonds. The molecule has 0 aliphatic heterocycles. The summed E-state index contributed by atoms with van der Waals surface area (Å²) in [7, 11) is 0. The molecule has 3 aromatic carbocycles. The van der Waals surface area contributed by atoms with Gasteiger partial charge < -0.3 is 22.1 Å². The fourth-order valence-electron chi connectivity index (χ4n) is 5.43. The van der Waals surface area contributed by atoms with Crippen LogP contribution in [0.4, 0.5) is 0 Å². The lowest BCUT2D eigenvalue weighted by atomic mass is 9.84. The van der Waals surface area contributed by atoms with Gasteiger partial charge in [0.15, 0.2) is 0 Å². The zero-order valence-electron chi connectivity index (χ0n) is 33.8. The predicted molar refractivity (Wildman–Crippen MR) is 240 cm³/mol. The Labute approximate surface area is 331 Å². The van der Waals surface area contributed by atoms with Gasteiger partial charge in [-0.25, -0.2) is 0 Å². The molecular weight excluding hydrogens is 679 g/mol. The third kappa shape index (κ3) is 17.3. The maximum absolute atomic E-state index is 6.00. The first-order chi connectivity index (χ1) is 25.6. The molecule has 0 saturated carbocycles. The number of aromatic nitrogens is 1. The Morgan fingerprint density at radius 1 is 0.778 bits per heavy atom. The van der Waals surface area contributed by atoms with Crippen molar-refractivity contribution in [3.63, 3.8) is 0 Å². The van der Waals surface area contributed by atoms with Crippen LogP contribution in [0.25, 0.3) is 22.4 Å². The van der Waals surface area contributed by atoms with Crippen molar-refractivity contribution in [3.05, 3.63) is 176 Å². The Kier molecular flexibility index (Phi) is 19.8. The summed E-state index contributed by atoms with van der Waals surface area (Å²) in [5.41, 5.74) is 23.4. The molecule has 5 nitrogen and oxygen atoms in total.